The highest BCUT2D eigenvalue weighted by atomic mass is 16.4. The molecule has 94 valence electrons. The fourth-order valence-corrected chi connectivity index (χ4v) is 2.16. The maximum Gasteiger partial charge on any atom is 0.335 e. The van der Waals surface area contributed by atoms with Gasteiger partial charge in [-0.05, 0) is 41.3 Å². The first-order valence-electron chi connectivity index (χ1n) is 6.46. The summed E-state index contributed by atoms with van der Waals surface area (Å²) in [5.74, 6) is -0.871. The Labute approximate surface area is 107 Å². The average molecular weight is 242 g/mol. The molecule has 0 atom stereocenters. The second-order valence-corrected chi connectivity index (χ2v) is 4.66. The van der Waals surface area contributed by atoms with Crippen LogP contribution < -0.4 is 0 Å². The topological polar surface area (TPSA) is 37.3 Å². The van der Waals surface area contributed by atoms with Crippen LogP contribution in [0.5, 0.6) is 0 Å². The van der Waals surface area contributed by atoms with Gasteiger partial charge in [0, 0.05) is 0 Å². The molecule has 0 aliphatic heterocycles. The number of hydrogen-bond acceptors (Lipinski definition) is 1. The number of aromatic carboxylic acids is 1. The molecule has 0 heterocycles. The second-order valence-electron chi connectivity index (χ2n) is 4.66. The van der Waals surface area contributed by atoms with Crippen LogP contribution in [0.25, 0.3) is 10.8 Å². The highest BCUT2D eigenvalue weighted by molar-refractivity contribution is 5.94. The molecule has 0 aromatic heterocycles. The average Bonchev–Trinajstić information content (AvgIpc) is 2.38. The van der Waals surface area contributed by atoms with Crippen molar-refractivity contribution in [3.05, 3.63) is 47.5 Å². The number of aryl methyl sites for hydroxylation is 1. The quantitative estimate of drug-likeness (QED) is 0.795. The van der Waals surface area contributed by atoms with Crippen LogP contribution in [0.2, 0.25) is 0 Å². The van der Waals surface area contributed by atoms with Crippen LogP contribution in [0.15, 0.2) is 36.4 Å². The molecule has 2 heteroatoms. The number of rotatable bonds is 5. The Kier molecular flexibility index (Phi) is 3.98. The molecule has 0 saturated carbocycles. The van der Waals surface area contributed by atoms with Crippen LogP contribution >= 0.6 is 0 Å². The predicted molar refractivity (Wildman–Crippen MR) is 74.1 cm³/mol. The van der Waals surface area contributed by atoms with Gasteiger partial charge in [0.25, 0.3) is 0 Å². The molecule has 0 amide bonds. The Hall–Kier alpha value is -1.83. The Morgan fingerprint density at radius 2 is 1.78 bits per heavy atom. The van der Waals surface area contributed by atoms with Crippen LogP contribution in [0.1, 0.15) is 42.1 Å². The van der Waals surface area contributed by atoms with Gasteiger partial charge < -0.3 is 5.11 Å². The second kappa shape index (κ2) is 5.67. The summed E-state index contributed by atoms with van der Waals surface area (Å²) in [4.78, 5) is 10.9. The van der Waals surface area contributed by atoms with Gasteiger partial charge in [0.05, 0.1) is 5.56 Å². The number of hydrogen-bond donors (Lipinski definition) is 1. The largest absolute Gasteiger partial charge is 0.478 e. The summed E-state index contributed by atoms with van der Waals surface area (Å²) in [5, 5.41) is 11.1. The molecule has 0 fully saturated rings. The number of fused-ring (bicyclic) bond motifs is 1. The molecule has 1 N–H and O–H groups in total. The molecule has 2 nitrogen and oxygen atoms in total. The van der Waals surface area contributed by atoms with E-state index in [1.807, 2.05) is 12.1 Å². The van der Waals surface area contributed by atoms with Gasteiger partial charge in [0.2, 0.25) is 0 Å². The van der Waals surface area contributed by atoms with Crippen LogP contribution in [-0.2, 0) is 6.42 Å². The third-order valence-electron chi connectivity index (χ3n) is 3.22. The lowest BCUT2D eigenvalue weighted by Crippen LogP contribution is -1.95. The number of benzene rings is 2. The first kappa shape index (κ1) is 12.6. The molecule has 2 rings (SSSR count). The van der Waals surface area contributed by atoms with E-state index in [2.05, 4.69) is 19.1 Å². The van der Waals surface area contributed by atoms with Crippen LogP contribution in [-0.4, -0.2) is 11.1 Å². The van der Waals surface area contributed by atoms with E-state index >= 15 is 0 Å². The lowest BCUT2D eigenvalue weighted by Gasteiger charge is -2.04. The summed E-state index contributed by atoms with van der Waals surface area (Å²) in [5.41, 5.74) is 1.68. The van der Waals surface area contributed by atoms with Gasteiger partial charge in [-0.1, -0.05) is 44.0 Å². The zero-order valence-electron chi connectivity index (χ0n) is 10.6. The third-order valence-corrected chi connectivity index (χ3v) is 3.22. The number of carboxylic acid groups (broad SMARTS) is 1. The zero-order chi connectivity index (χ0) is 13.0. The molecular formula is C16H18O2. The Morgan fingerprint density at radius 1 is 1.06 bits per heavy atom. The van der Waals surface area contributed by atoms with Crippen molar-refractivity contribution in [2.75, 3.05) is 0 Å². The molecule has 0 unspecified atom stereocenters. The third kappa shape index (κ3) is 2.89. The molecule has 18 heavy (non-hydrogen) atoms. The summed E-state index contributed by atoms with van der Waals surface area (Å²) in [6.45, 7) is 2.20. The number of carboxylic acids is 1. The Bertz CT molecular complexity index is 558. The molecule has 0 aliphatic carbocycles. The van der Waals surface area contributed by atoms with E-state index in [4.69, 9.17) is 5.11 Å². The van der Waals surface area contributed by atoms with Crippen molar-refractivity contribution in [2.24, 2.45) is 0 Å². The van der Waals surface area contributed by atoms with Crippen LogP contribution in [0, 0.1) is 0 Å². The molecular weight excluding hydrogens is 224 g/mol. The zero-order valence-corrected chi connectivity index (χ0v) is 10.6. The van der Waals surface area contributed by atoms with Crippen molar-refractivity contribution in [1.82, 2.24) is 0 Å². The highest BCUT2D eigenvalue weighted by Gasteiger charge is 2.04. The first-order chi connectivity index (χ1) is 8.70. The van der Waals surface area contributed by atoms with Crippen molar-refractivity contribution in [2.45, 2.75) is 32.6 Å². The fraction of sp³-hybridized carbons (Fsp3) is 0.312. The molecule has 2 aromatic carbocycles. The maximum atomic E-state index is 10.9. The summed E-state index contributed by atoms with van der Waals surface area (Å²) in [6.07, 6.45) is 4.81. The van der Waals surface area contributed by atoms with Crippen molar-refractivity contribution < 1.29 is 9.90 Å². The first-order valence-corrected chi connectivity index (χ1v) is 6.46. The van der Waals surface area contributed by atoms with E-state index in [-0.39, 0.29) is 0 Å². The van der Waals surface area contributed by atoms with Crippen molar-refractivity contribution in [3.63, 3.8) is 0 Å². The number of carbonyl (C=O) groups is 1. The normalized spacial score (nSPS) is 10.7. The summed E-state index contributed by atoms with van der Waals surface area (Å²) in [7, 11) is 0. The van der Waals surface area contributed by atoms with E-state index in [9.17, 15) is 4.79 Å². The van der Waals surface area contributed by atoms with Gasteiger partial charge in [0.1, 0.15) is 0 Å². The predicted octanol–water partition coefficient (Wildman–Crippen LogP) is 4.27. The minimum absolute atomic E-state index is 0.348. The Balaban J connectivity index is 2.24. The lowest BCUT2D eigenvalue weighted by molar-refractivity contribution is 0.0697. The van der Waals surface area contributed by atoms with Gasteiger partial charge in [-0.25, -0.2) is 4.79 Å². The van der Waals surface area contributed by atoms with Crippen molar-refractivity contribution in [3.8, 4) is 0 Å². The van der Waals surface area contributed by atoms with Gasteiger partial charge in [-0.2, -0.15) is 0 Å². The van der Waals surface area contributed by atoms with Crippen molar-refractivity contribution in [1.29, 1.82) is 0 Å². The van der Waals surface area contributed by atoms with Gasteiger partial charge in [-0.3, -0.25) is 0 Å². The summed E-state index contributed by atoms with van der Waals surface area (Å²) >= 11 is 0. The lowest BCUT2D eigenvalue weighted by atomic mass is 10.0. The molecule has 0 saturated heterocycles. The van der Waals surface area contributed by atoms with Gasteiger partial charge >= 0.3 is 5.97 Å². The van der Waals surface area contributed by atoms with E-state index in [1.165, 1.54) is 24.8 Å². The van der Waals surface area contributed by atoms with Crippen molar-refractivity contribution >= 4 is 16.7 Å². The van der Waals surface area contributed by atoms with E-state index in [1.54, 1.807) is 12.1 Å². The maximum absolute atomic E-state index is 10.9. The Morgan fingerprint density at radius 3 is 2.50 bits per heavy atom. The monoisotopic (exact) mass is 242 g/mol. The molecule has 2 aromatic rings. The van der Waals surface area contributed by atoms with E-state index < -0.39 is 5.97 Å². The number of unbranched alkanes of at least 4 members (excludes halogenated alkanes) is 2. The van der Waals surface area contributed by atoms with Gasteiger partial charge in [-0.15, -0.1) is 0 Å². The van der Waals surface area contributed by atoms with E-state index in [0.717, 1.165) is 17.2 Å². The van der Waals surface area contributed by atoms with Crippen LogP contribution in [0.3, 0.4) is 0 Å². The summed E-state index contributed by atoms with van der Waals surface area (Å²) in [6, 6.07) is 11.6. The van der Waals surface area contributed by atoms with Gasteiger partial charge in [0.15, 0.2) is 0 Å². The SMILES string of the molecule is CCCCCc1ccc2cc(C(=O)O)ccc2c1. The summed E-state index contributed by atoms with van der Waals surface area (Å²) < 4.78 is 0. The minimum Gasteiger partial charge on any atom is -0.478 e. The molecule has 0 radical (unpaired) electrons. The van der Waals surface area contributed by atoms with E-state index in [0.29, 0.717) is 5.56 Å². The highest BCUT2D eigenvalue weighted by Crippen LogP contribution is 2.19. The minimum atomic E-state index is -0.871. The molecule has 0 aliphatic rings. The van der Waals surface area contributed by atoms with Crippen LogP contribution in [0.4, 0.5) is 0 Å². The molecule has 0 spiro atoms. The smallest absolute Gasteiger partial charge is 0.335 e. The standard InChI is InChI=1S/C16H18O2/c1-2-3-4-5-12-6-7-14-11-15(16(17)18)9-8-13(14)10-12/h6-11H,2-5H2,1H3,(H,17,18). The fourth-order valence-electron chi connectivity index (χ4n) is 2.16. The molecule has 0 bridgehead atoms.